The highest BCUT2D eigenvalue weighted by molar-refractivity contribution is 9.11. The predicted octanol–water partition coefficient (Wildman–Crippen LogP) is 3.31. The number of thiophene rings is 1. The van der Waals surface area contributed by atoms with Gasteiger partial charge in [0.15, 0.2) is 5.82 Å². The third kappa shape index (κ3) is 3.53. The summed E-state index contributed by atoms with van der Waals surface area (Å²) in [6.07, 6.45) is 2.18. The number of rotatable bonds is 5. The van der Waals surface area contributed by atoms with Crippen molar-refractivity contribution in [1.82, 2.24) is 20.4 Å². The normalized spacial score (nSPS) is 18.0. The number of halogens is 1. The van der Waals surface area contributed by atoms with Gasteiger partial charge in [0.25, 0.3) is 5.89 Å². The Morgan fingerprint density at radius 2 is 2.29 bits per heavy atom. The van der Waals surface area contributed by atoms with Gasteiger partial charge >= 0.3 is 0 Å². The van der Waals surface area contributed by atoms with E-state index in [4.69, 9.17) is 4.52 Å². The lowest BCUT2D eigenvalue weighted by atomic mass is 10.1. The Labute approximate surface area is 136 Å². The van der Waals surface area contributed by atoms with Crippen molar-refractivity contribution in [3.05, 3.63) is 21.1 Å². The first-order valence-corrected chi connectivity index (χ1v) is 8.98. The summed E-state index contributed by atoms with van der Waals surface area (Å²) >= 11 is 5.09. The average Bonchev–Trinajstić information content (AvgIpc) is 3.14. The van der Waals surface area contributed by atoms with E-state index >= 15 is 0 Å². The Hall–Kier alpha value is -0.760. The Morgan fingerprint density at radius 3 is 2.95 bits per heavy atom. The topological polar surface area (TPSA) is 54.2 Å². The molecule has 5 nitrogen and oxygen atoms in total. The van der Waals surface area contributed by atoms with Crippen LogP contribution in [0.15, 0.2) is 19.8 Å². The Balaban J connectivity index is 1.81. The summed E-state index contributed by atoms with van der Waals surface area (Å²) in [5.41, 5.74) is 0.987. The molecular formula is C14H19BrN4OS. The molecular weight excluding hydrogens is 352 g/mol. The van der Waals surface area contributed by atoms with Gasteiger partial charge in [0.1, 0.15) is 0 Å². The second-order valence-corrected chi connectivity index (χ2v) is 7.48. The molecule has 114 valence electrons. The van der Waals surface area contributed by atoms with E-state index < -0.39 is 0 Å². The molecule has 1 aliphatic heterocycles. The van der Waals surface area contributed by atoms with Gasteiger partial charge in [0.2, 0.25) is 0 Å². The van der Waals surface area contributed by atoms with E-state index in [0.29, 0.717) is 5.89 Å². The number of hydrogen-bond donors (Lipinski definition) is 1. The van der Waals surface area contributed by atoms with Gasteiger partial charge in [0.05, 0.1) is 15.4 Å². The first-order valence-electron chi connectivity index (χ1n) is 7.30. The monoisotopic (exact) mass is 370 g/mol. The molecule has 21 heavy (non-hydrogen) atoms. The van der Waals surface area contributed by atoms with Gasteiger partial charge in [-0.15, -0.1) is 11.3 Å². The van der Waals surface area contributed by atoms with Crippen LogP contribution in [0.4, 0.5) is 0 Å². The smallest absolute Gasteiger partial charge is 0.258 e. The van der Waals surface area contributed by atoms with Crippen LogP contribution in [0.1, 0.15) is 31.6 Å². The highest BCUT2D eigenvalue weighted by Crippen LogP contribution is 2.30. The average molecular weight is 371 g/mol. The van der Waals surface area contributed by atoms with Crippen LogP contribution in [0.3, 0.4) is 0 Å². The molecule has 1 saturated heterocycles. The summed E-state index contributed by atoms with van der Waals surface area (Å²) < 4.78 is 6.54. The van der Waals surface area contributed by atoms with Gasteiger partial charge in [0, 0.05) is 31.6 Å². The zero-order valence-electron chi connectivity index (χ0n) is 12.0. The molecule has 7 heteroatoms. The zero-order valence-corrected chi connectivity index (χ0v) is 14.4. The number of aromatic nitrogens is 2. The molecule has 1 fully saturated rings. The predicted molar refractivity (Wildman–Crippen MR) is 87.4 cm³/mol. The first-order chi connectivity index (χ1) is 10.3. The molecule has 1 aliphatic rings. The molecule has 0 saturated carbocycles. The van der Waals surface area contributed by atoms with Gasteiger partial charge < -0.3 is 9.84 Å². The van der Waals surface area contributed by atoms with E-state index in [1.54, 1.807) is 11.3 Å². The third-order valence-corrected chi connectivity index (χ3v) is 5.21. The minimum atomic E-state index is 0.261. The van der Waals surface area contributed by atoms with Crippen molar-refractivity contribution in [3.63, 3.8) is 0 Å². The van der Waals surface area contributed by atoms with Crippen molar-refractivity contribution in [2.24, 2.45) is 0 Å². The second-order valence-electron chi connectivity index (χ2n) is 5.19. The minimum Gasteiger partial charge on any atom is -0.334 e. The van der Waals surface area contributed by atoms with Crippen LogP contribution in [-0.2, 0) is 0 Å². The van der Waals surface area contributed by atoms with Gasteiger partial charge in [-0.25, -0.2) is 0 Å². The fraction of sp³-hybridized carbons (Fsp3) is 0.571. The summed E-state index contributed by atoms with van der Waals surface area (Å²) in [6.45, 7) is 6.34. The number of nitrogens with zero attached hydrogens (tertiary/aromatic N) is 3. The molecule has 0 radical (unpaired) electrons. The lowest BCUT2D eigenvalue weighted by molar-refractivity contribution is 0.155. The lowest BCUT2D eigenvalue weighted by Gasteiger charge is -2.33. The standard InChI is InChI=1S/C14H19BrN4OS/c1-2-3-11(19-6-4-16-5-7-19)13-17-14(20-18-13)10-8-12(15)21-9-10/h8-9,11,16H,2-7H2,1H3. The van der Waals surface area contributed by atoms with Gasteiger partial charge in [-0.05, 0) is 28.4 Å². The highest BCUT2D eigenvalue weighted by atomic mass is 79.9. The van der Waals surface area contributed by atoms with Gasteiger partial charge in [-0.2, -0.15) is 4.98 Å². The Kier molecular flexibility index (Phi) is 5.05. The van der Waals surface area contributed by atoms with Crippen LogP contribution < -0.4 is 5.32 Å². The maximum Gasteiger partial charge on any atom is 0.258 e. The van der Waals surface area contributed by atoms with Crippen LogP contribution in [0.2, 0.25) is 0 Å². The van der Waals surface area contributed by atoms with E-state index in [-0.39, 0.29) is 6.04 Å². The fourth-order valence-electron chi connectivity index (χ4n) is 2.65. The molecule has 0 bridgehead atoms. The molecule has 2 aromatic heterocycles. The highest BCUT2D eigenvalue weighted by Gasteiger charge is 2.26. The molecule has 0 amide bonds. The molecule has 1 atom stereocenters. The van der Waals surface area contributed by atoms with Crippen LogP contribution in [0.25, 0.3) is 11.5 Å². The fourth-order valence-corrected chi connectivity index (χ4v) is 3.78. The molecule has 3 heterocycles. The summed E-state index contributed by atoms with van der Waals surface area (Å²) in [7, 11) is 0. The van der Waals surface area contributed by atoms with E-state index in [2.05, 4.69) is 43.2 Å². The van der Waals surface area contributed by atoms with Crippen molar-refractivity contribution >= 4 is 27.3 Å². The minimum absolute atomic E-state index is 0.261. The Bertz CT molecular complexity index is 579. The molecule has 3 rings (SSSR count). The lowest BCUT2D eigenvalue weighted by Crippen LogP contribution is -2.45. The molecule has 0 spiro atoms. The number of hydrogen-bond acceptors (Lipinski definition) is 6. The van der Waals surface area contributed by atoms with Crippen LogP contribution >= 0.6 is 27.3 Å². The van der Waals surface area contributed by atoms with E-state index in [9.17, 15) is 0 Å². The zero-order chi connectivity index (χ0) is 14.7. The molecule has 0 aromatic carbocycles. The van der Waals surface area contributed by atoms with Crippen LogP contribution in [-0.4, -0.2) is 41.2 Å². The molecule has 1 N–H and O–H groups in total. The first kappa shape index (κ1) is 15.1. The molecule has 0 aliphatic carbocycles. The summed E-state index contributed by atoms with van der Waals surface area (Å²) in [6, 6.07) is 2.28. The number of nitrogens with one attached hydrogen (secondary N) is 1. The van der Waals surface area contributed by atoms with Crippen molar-refractivity contribution in [2.45, 2.75) is 25.8 Å². The molecule has 2 aromatic rings. The van der Waals surface area contributed by atoms with E-state index in [0.717, 1.165) is 54.2 Å². The molecule has 1 unspecified atom stereocenters. The van der Waals surface area contributed by atoms with Crippen molar-refractivity contribution < 1.29 is 4.52 Å². The second kappa shape index (κ2) is 7.00. The SMILES string of the molecule is CCCC(c1noc(-c2csc(Br)c2)n1)N1CCNCC1. The maximum atomic E-state index is 5.46. The van der Waals surface area contributed by atoms with Gasteiger partial charge in [-0.3, -0.25) is 4.90 Å². The third-order valence-electron chi connectivity index (χ3n) is 3.71. The van der Waals surface area contributed by atoms with Crippen molar-refractivity contribution in [1.29, 1.82) is 0 Å². The quantitative estimate of drug-likeness (QED) is 0.874. The summed E-state index contributed by atoms with van der Waals surface area (Å²) in [4.78, 5) is 7.09. The van der Waals surface area contributed by atoms with Crippen molar-refractivity contribution in [3.8, 4) is 11.5 Å². The van der Waals surface area contributed by atoms with Crippen LogP contribution in [0.5, 0.6) is 0 Å². The van der Waals surface area contributed by atoms with E-state index in [1.165, 1.54) is 0 Å². The summed E-state index contributed by atoms with van der Waals surface area (Å²) in [5.74, 6) is 1.43. The summed E-state index contributed by atoms with van der Waals surface area (Å²) in [5, 5.41) is 9.65. The van der Waals surface area contributed by atoms with Crippen molar-refractivity contribution in [2.75, 3.05) is 26.2 Å². The van der Waals surface area contributed by atoms with Gasteiger partial charge in [-0.1, -0.05) is 18.5 Å². The van der Waals surface area contributed by atoms with Crippen LogP contribution in [0, 0.1) is 0 Å². The maximum absolute atomic E-state index is 5.46. The van der Waals surface area contributed by atoms with E-state index in [1.807, 2.05) is 11.4 Å². The largest absolute Gasteiger partial charge is 0.334 e. The Morgan fingerprint density at radius 1 is 1.48 bits per heavy atom. The number of piperazine rings is 1.